The lowest BCUT2D eigenvalue weighted by Crippen LogP contribution is -2.59. The van der Waals surface area contributed by atoms with Crippen LogP contribution in [0.2, 0.25) is 0 Å². The highest BCUT2D eigenvalue weighted by molar-refractivity contribution is 5.97. The molecule has 4 aromatic rings. The van der Waals surface area contributed by atoms with E-state index >= 15 is 0 Å². The van der Waals surface area contributed by atoms with Crippen molar-refractivity contribution in [3.8, 4) is 17.0 Å². The van der Waals surface area contributed by atoms with Crippen LogP contribution in [0.4, 0.5) is 5.95 Å². The van der Waals surface area contributed by atoms with E-state index in [4.69, 9.17) is 9.72 Å². The number of aromatic nitrogens is 6. The number of carbonyl (C=O) groups is 1. The Morgan fingerprint density at radius 3 is 2.94 bits per heavy atom. The fourth-order valence-corrected chi connectivity index (χ4v) is 5.15. The summed E-state index contributed by atoms with van der Waals surface area (Å²) in [6.45, 7) is 3.04. The molecule has 0 spiro atoms. The maximum atomic E-state index is 12.1. The minimum absolute atomic E-state index is 0.0696. The van der Waals surface area contributed by atoms with Crippen molar-refractivity contribution in [1.82, 2.24) is 34.4 Å². The van der Waals surface area contributed by atoms with Crippen molar-refractivity contribution in [1.29, 1.82) is 0 Å². The van der Waals surface area contributed by atoms with Crippen LogP contribution in [0.3, 0.4) is 0 Å². The molecule has 32 heavy (non-hydrogen) atoms. The van der Waals surface area contributed by atoms with E-state index in [1.165, 1.54) is 0 Å². The first-order valence-corrected chi connectivity index (χ1v) is 10.8. The topological polar surface area (TPSA) is 113 Å². The van der Waals surface area contributed by atoms with E-state index in [-0.39, 0.29) is 17.5 Å². The molecule has 164 valence electrons. The maximum Gasteiger partial charge on any atom is 0.228 e. The molecule has 2 aliphatic rings. The fraction of sp³-hybridized carbons (Fsp3) is 0.409. The van der Waals surface area contributed by atoms with Gasteiger partial charge in [-0.05, 0) is 38.3 Å². The number of methoxy groups -OCH3 is 1. The molecule has 1 aliphatic carbocycles. The van der Waals surface area contributed by atoms with Crippen LogP contribution in [-0.2, 0) is 4.79 Å². The molecule has 10 nitrogen and oxygen atoms in total. The SMILES string of the molecule is COc1nc(N[C@H]2C[C@@](C)(N3CCCC3=O)C2)nc2[nH]cc(-c3ccc4nncn4c3)c12. The van der Waals surface area contributed by atoms with Crippen LogP contribution in [0, 0.1) is 0 Å². The van der Waals surface area contributed by atoms with Gasteiger partial charge in [-0.1, -0.05) is 0 Å². The number of amides is 1. The number of carbonyl (C=O) groups excluding carboxylic acids is 1. The normalized spacial score (nSPS) is 23.1. The average molecular weight is 432 g/mol. The van der Waals surface area contributed by atoms with Crippen molar-refractivity contribution in [3.05, 3.63) is 30.9 Å². The Bertz CT molecular complexity index is 1340. The van der Waals surface area contributed by atoms with E-state index in [0.29, 0.717) is 23.9 Å². The molecule has 1 aliphatic heterocycles. The van der Waals surface area contributed by atoms with Gasteiger partial charge >= 0.3 is 0 Å². The summed E-state index contributed by atoms with van der Waals surface area (Å²) < 4.78 is 7.51. The number of H-pyrrole nitrogens is 1. The first-order chi connectivity index (χ1) is 15.5. The van der Waals surface area contributed by atoms with Gasteiger partial charge in [0.1, 0.15) is 12.0 Å². The Balaban J connectivity index is 1.27. The van der Waals surface area contributed by atoms with Gasteiger partial charge in [0.25, 0.3) is 0 Å². The number of anilines is 1. The summed E-state index contributed by atoms with van der Waals surface area (Å²) >= 11 is 0. The Labute approximate surface area is 184 Å². The average Bonchev–Trinajstić information content (AvgIpc) is 3.50. The smallest absolute Gasteiger partial charge is 0.228 e. The van der Waals surface area contributed by atoms with Gasteiger partial charge in [0, 0.05) is 48.1 Å². The highest BCUT2D eigenvalue weighted by atomic mass is 16.5. The molecular formula is C22H24N8O2. The number of likely N-dealkylation sites (tertiary alicyclic amines) is 1. The molecule has 1 saturated heterocycles. The van der Waals surface area contributed by atoms with Crippen molar-refractivity contribution >= 4 is 28.5 Å². The van der Waals surface area contributed by atoms with Gasteiger partial charge in [-0.15, -0.1) is 10.2 Å². The zero-order valence-corrected chi connectivity index (χ0v) is 18.0. The summed E-state index contributed by atoms with van der Waals surface area (Å²) in [5, 5.41) is 12.2. The molecule has 0 aromatic carbocycles. The number of aromatic amines is 1. The molecule has 0 unspecified atom stereocenters. The Morgan fingerprint density at radius 1 is 1.28 bits per heavy atom. The van der Waals surface area contributed by atoms with Crippen molar-refractivity contribution in [2.45, 2.75) is 44.2 Å². The van der Waals surface area contributed by atoms with Gasteiger partial charge in [0.2, 0.25) is 17.7 Å². The molecule has 2 fully saturated rings. The van der Waals surface area contributed by atoms with Crippen LogP contribution in [0.15, 0.2) is 30.9 Å². The second kappa shape index (κ2) is 6.91. The first kappa shape index (κ1) is 19.0. The fourth-order valence-electron chi connectivity index (χ4n) is 5.15. The van der Waals surface area contributed by atoms with Crippen molar-refractivity contribution in [3.63, 3.8) is 0 Å². The molecule has 5 heterocycles. The van der Waals surface area contributed by atoms with Crippen LogP contribution in [0.1, 0.15) is 32.6 Å². The van der Waals surface area contributed by atoms with Crippen LogP contribution in [-0.4, -0.2) is 65.6 Å². The molecule has 0 atom stereocenters. The Hall–Kier alpha value is -3.69. The summed E-state index contributed by atoms with van der Waals surface area (Å²) in [5.41, 5.74) is 3.35. The molecule has 0 bridgehead atoms. The standard InChI is InChI=1S/C22H24N8O2/c1-22(30-7-3-4-17(30)31)8-14(9-22)25-21-26-19-18(20(27-21)32-2)15(10-23-19)13-5-6-16-28-24-12-29(16)11-13/h5-6,10-12,14H,3-4,7-9H2,1-2H3,(H2,23,25,26,27)/t14-,22+. The van der Waals surface area contributed by atoms with Gasteiger partial charge in [0.15, 0.2) is 5.65 Å². The van der Waals surface area contributed by atoms with E-state index in [0.717, 1.165) is 48.0 Å². The third-order valence-corrected chi connectivity index (χ3v) is 6.72. The summed E-state index contributed by atoms with van der Waals surface area (Å²) in [7, 11) is 1.62. The third kappa shape index (κ3) is 2.89. The molecule has 1 amide bonds. The van der Waals surface area contributed by atoms with Gasteiger partial charge < -0.3 is 19.9 Å². The van der Waals surface area contributed by atoms with E-state index in [9.17, 15) is 4.79 Å². The Morgan fingerprint density at radius 2 is 2.16 bits per heavy atom. The lowest BCUT2D eigenvalue weighted by molar-refractivity contribution is -0.136. The zero-order valence-electron chi connectivity index (χ0n) is 18.0. The number of ether oxygens (including phenoxy) is 1. The number of hydrogen-bond donors (Lipinski definition) is 2. The molecule has 4 aromatic heterocycles. The van der Waals surface area contributed by atoms with Crippen LogP contribution in [0.5, 0.6) is 5.88 Å². The molecule has 1 saturated carbocycles. The minimum atomic E-state index is -0.0696. The number of pyridine rings is 1. The van der Waals surface area contributed by atoms with E-state index < -0.39 is 0 Å². The summed E-state index contributed by atoms with van der Waals surface area (Å²) in [4.78, 5) is 26.8. The predicted octanol–water partition coefficient (Wildman–Crippen LogP) is 2.63. The lowest BCUT2D eigenvalue weighted by atomic mass is 9.73. The number of fused-ring (bicyclic) bond motifs is 2. The third-order valence-electron chi connectivity index (χ3n) is 6.72. The van der Waals surface area contributed by atoms with E-state index in [1.54, 1.807) is 13.4 Å². The molecule has 2 N–H and O–H groups in total. The van der Waals surface area contributed by atoms with Crippen LogP contribution < -0.4 is 10.1 Å². The van der Waals surface area contributed by atoms with E-state index in [2.05, 4.69) is 32.4 Å². The number of hydrogen-bond acceptors (Lipinski definition) is 7. The summed E-state index contributed by atoms with van der Waals surface area (Å²) in [6.07, 6.45) is 8.96. The highest BCUT2D eigenvalue weighted by Gasteiger charge is 2.48. The highest BCUT2D eigenvalue weighted by Crippen LogP contribution is 2.41. The van der Waals surface area contributed by atoms with Gasteiger partial charge in [-0.2, -0.15) is 9.97 Å². The van der Waals surface area contributed by atoms with Crippen LogP contribution in [0.25, 0.3) is 27.8 Å². The van der Waals surface area contributed by atoms with Crippen molar-refractivity contribution < 1.29 is 9.53 Å². The monoisotopic (exact) mass is 432 g/mol. The number of nitrogens with zero attached hydrogens (tertiary/aromatic N) is 6. The minimum Gasteiger partial charge on any atom is -0.480 e. The molecule has 6 rings (SSSR count). The van der Waals surface area contributed by atoms with Crippen molar-refractivity contribution in [2.24, 2.45) is 0 Å². The maximum absolute atomic E-state index is 12.1. The summed E-state index contributed by atoms with van der Waals surface area (Å²) in [6, 6.07) is 4.14. The van der Waals surface area contributed by atoms with Crippen LogP contribution >= 0.6 is 0 Å². The van der Waals surface area contributed by atoms with Gasteiger partial charge in [-0.3, -0.25) is 9.20 Å². The second-order valence-electron chi connectivity index (χ2n) is 8.89. The molecule has 10 heteroatoms. The van der Waals surface area contributed by atoms with Gasteiger partial charge in [-0.25, -0.2) is 0 Å². The largest absolute Gasteiger partial charge is 0.480 e. The summed E-state index contributed by atoms with van der Waals surface area (Å²) in [5.74, 6) is 1.31. The first-order valence-electron chi connectivity index (χ1n) is 10.8. The van der Waals surface area contributed by atoms with E-state index in [1.807, 2.05) is 33.8 Å². The number of rotatable bonds is 5. The Kier molecular flexibility index (Phi) is 4.11. The van der Waals surface area contributed by atoms with Crippen molar-refractivity contribution in [2.75, 3.05) is 19.0 Å². The molecule has 0 radical (unpaired) electrons. The number of nitrogens with one attached hydrogen (secondary N) is 2. The molecular weight excluding hydrogens is 408 g/mol. The zero-order chi connectivity index (χ0) is 21.9. The second-order valence-corrected chi connectivity index (χ2v) is 8.89. The quantitative estimate of drug-likeness (QED) is 0.498. The lowest BCUT2D eigenvalue weighted by Gasteiger charge is -2.51. The predicted molar refractivity (Wildman–Crippen MR) is 118 cm³/mol. The van der Waals surface area contributed by atoms with Gasteiger partial charge in [0.05, 0.1) is 12.5 Å².